The molecule has 5 heterocycles. The van der Waals surface area contributed by atoms with Crippen LogP contribution >= 0.6 is 0 Å². The minimum atomic E-state index is 0.607. The Kier molecular flexibility index (Phi) is 4.65. The summed E-state index contributed by atoms with van der Waals surface area (Å²) in [5.74, 6) is 2.29. The molecule has 0 saturated carbocycles. The number of rotatable bonds is 3. The average Bonchev–Trinajstić information content (AvgIpc) is 3.08. The fraction of sp³-hybridized carbons (Fsp3) is 0.238. The molecule has 0 bridgehead atoms. The first-order valence-corrected chi connectivity index (χ1v) is 9.81. The van der Waals surface area contributed by atoms with Crippen molar-refractivity contribution in [2.75, 3.05) is 36.0 Å². The maximum atomic E-state index is 9.39. The van der Waals surface area contributed by atoms with E-state index < -0.39 is 0 Å². The molecule has 1 fully saturated rings. The molecule has 0 radical (unpaired) electrons. The van der Waals surface area contributed by atoms with Gasteiger partial charge in [-0.25, -0.2) is 4.98 Å². The standard InChI is InChI=1S/C21H19N9/c22-14-16-4-2-9-24-20(16)29-11-3-10-28(12-13-29)19-7-6-18-25-26-21(30(18)27-19)17-5-1-8-23-15-17/h1-2,4-9,15H,3,10-13H2. The number of pyridine rings is 2. The van der Waals surface area contributed by atoms with E-state index in [4.69, 9.17) is 5.10 Å². The molecule has 0 aliphatic carbocycles. The number of fused-ring (bicyclic) bond motifs is 1. The second-order valence-corrected chi connectivity index (χ2v) is 7.04. The van der Waals surface area contributed by atoms with Gasteiger partial charge in [0.2, 0.25) is 0 Å². The van der Waals surface area contributed by atoms with Gasteiger partial charge in [-0.15, -0.1) is 15.3 Å². The van der Waals surface area contributed by atoms with Gasteiger partial charge in [0.05, 0.1) is 5.56 Å². The Hall–Kier alpha value is -4.06. The molecule has 9 heteroatoms. The number of anilines is 2. The molecule has 0 aromatic carbocycles. The van der Waals surface area contributed by atoms with Crippen LogP contribution in [0.1, 0.15) is 12.0 Å². The zero-order valence-electron chi connectivity index (χ0n) is 16.3. The smallest absolute Gasteiger partial charge is 0.187 e. The third-order valence-corrected chi connectivity index (χ3v) is 5.20. The Morgan fingerprint density at radius 1 is 0.900 bits per heavy atom. The van der Waals surface area contributed by atoms with E-state index in [2.05, 4.69) is 36.0 Å². The fourth-order valence-electron chi connectivity index (χ4n) is 3.72. The molecule has 148 valence electrons. The summed E-state index contributed by atoms with van der Waals surface area (Å²) in [6.07, 6.45) is 6.17. The topological polar surface area (TPSA) is 99.1 Å². The molecule has 1 aliphatic rings. The first kappa shape index (κ1) is 18.0. The Morgan fingerprint density at radius 2 is 1.77 bits per heavy atom. The molecular weight excluding hydrogens is 378 g/mol. The van der Waals surface area contributed by atoms with Crippen LogP contribution in [-0.2, 0) is 0 Å². The molecule has 0 N–H and O–H groups in total. The average molecular weight is 397 g/mol. The molecule has 5 rings (SSSR count). The predicted molar refractivity (Wildman–Crippen MR) is 112 cm³/mol. The number of nitrogens with zero attached hydrogens (tertiary/aromatic N) is 9. The van der Waals surface area contributed by atoms with Crippen molar-refractivity contribution >= 4 is 17.3 Å². The van der Waals surface area contributed by atoms with Gasteiger partial charge in [0.1, 0.15) is 17.7 Å². The molecule has 1 saturated heterocycles. The summed E-state index contributed by atoms with van der Waals surface area (Å²) in [6, 6.07) is 13.6. The van der Waals surface area contributed by atoms with E-state index in [1.54, 1.807) is 29.2 Å². The molecule has 30 heavy (non-hydrogen) atoms. The lowest BCUT2D eigenvalue weighted by Gasteiger charge is -2.23. The highest BCUT2D eigenvalue weighted by Crippen LogP contribution is 2.22. The summed E-state index contributed by atoms with van der Waals surface area (Å²) in [4.78, 5) is 13.0. The zero-order chi connectivity index (χ0) is 20.3. The molecule has 4 aromatic heterocycles. The highest BCUT2D eigenvalue weighted by Gasteiger charge is 2.20. The predicted octanol–water partition coefficient (Wildman–Crippen LogP) is 2.17. The molecule has 0 amide bonds. The number of hydrogen-bond donors (Lipinski definition) is 0. The quantitative estimate of drug-likeness (QED) is 0.519. The van der Waals surface area contributed by atoms with Crippen LogP contribution in [0.25, 0.3) is 17.0 Å². The highest BCUT2D eigenvalue weighted by molar-refractivity contribution is 5.59. The van der Waals surface area contributed by atoms with E-state index >= 15 is 0 Å². The van der Waals surface area contributed by atoms with E-state index in [1.165, 1.54) is 0 Å². The Bertz CT molecular complexity index is 1210. The Morgan fingerprint density at radius 3 is 2.63 bits per heavy atom. The summed E-state index contributed by atoms with van der Waals surface area (Å²) < 4.78 is 1.77. The Balaban J connectivity index is 1.42. The van der Waals surface area contributed by atoms with Crippen molar-refractivity contribution in [2.24, 2.45) is 0 Å². The molecule has 0 unspecified atom stereocenters. The molecular formula is C21H19N9. The first-order valence-electron chi connectivity index (χ1n) is 9.81. The lowest BCUT2D eigenvalue weighted by atomic mass is 10.2. The van der Waals surface area contributed by atoms with E-state index in [9.17, 15) is 5.26 Å². The van der Waals surface area contributed by atoms with Gasteiger partial charge in [0.15, 0.2) is 11.5 Å². The Labute approximate surface area is 173 Å². The van der Waals surface area contributed by atoms with E-state index in [1.807, 2.05) is 30.3 Å². The highest BCUT2D eigenvalue weighted by atomic mass is 15.4. The largest absolute Gasteiger partial charge is 0.354 e. The zero-order valence-corrected chi connectivity index (χ0v) is 16.3. The number of hydrogen-bond acceptors (Lipinski definition) is 8. The maximum Gasteiger partial charge on any atom is 0.187 e. The van der Waals surface area contributed by atoms with E-state index in [0.29, 0.717) is 17.0 Å². The van der Waals surface area contributed by atoms with Gasteiger partial charge in [-0.2, -0.15) is 9.78 Å². The number of aromatic nitrogens is 6. The minimum absolute atomic E-state index is 0.607. The van der Waals surface area contributed by atoms with Gasteiger partial charge in [-0.3, -0.25) is 4.98 Å². The lowest BCUT2D eigenvalue weighted by Crippen LogP contribution is -2.32. The van der Waals surface area contributed by atoms with Crippen LogP contribution in [0.5, 0.6) is 0 Å². The molecule has 1 aliphatic heterocycles. The summed E-state index contributed by atoms with van der Waals surface area (Å²) in [5, 5.41) is 22.7. The third kappa shape index (κ3) is 3.28. The van der Waals surface area contributed by atoms with Crippen molar-refractivity contribution in [3.8, 4) is 17.5 Å². The van der Waals surface area contributed by atoms with Crippen molar-refractivity contribution in [2.45, 2.75) is 6.42 Å². The minimum Gasteiger partial charge on any atom is -0.354 e. The van der Waals surface area contributed by atoms with Gasteiger partial charge >= 0.3 is 0 Å². The van der Waals surface area contributed by atoms with Crippen molar-refractivity contribution in [3.05, 3.63) is 60.6 Å². The van der Waals surface area contributed by atoms with Gasteiger partial charge in [-0.05, 0) is 42.8 Å². The van der Waals surface area contributed by atoms with E-state index in [0.717, 1.165) is 49.8 Å². The lowest BCUT2D eigenvalue weighted by molar-refractivity contribution is 0.777. The summed E-state index contributed by atoms with van der Waals surface area (Å²) >= 11 is 0. The molecule has 4 aromatic rings. The SMILES string of the molecule is N#Cc1cccnc1N1CCCN(c2ccc3nnc(-c4cccnc4)n3n2)CC1. The van der Waals surface area contributed by atoms with Crippen molar-refractivity contribution in [1.82, 2.24) is 29.8 Å². The van der Waals surface area contributed by atoms with Crippen LogP contribution in [0, 0.1) is 11.3 Å². The summed E-state index contributed by atoms with van der Waals surface area (Å²) in [5.41, 5.74) is 2.17. The fourth-order valence-corrected chi connectivity index (χ4v) is 3.72. The summed E-state index contributed by atoms with van der Waals surface area (Å²) in [6.45, 7) is 3.26. The summed E-state index contributed by atoms with van der Waals surface area (Å²) in [7, 11) is 0. The van der Waals surface area contributed by atoms with Crippen LogP contribution in [0.3, 0.4) is 0 Å². The van der Waals surface area contributed by atoms with E-state index in [-0.39, 0.29) is 0 Å². The van der Waals surface area contributed by atoms with Gasteiger partial charge < -0.3 is 9.80 Å². The number of nitriles is 1. The first-order chi connectivity index (χ1) is 14.8. The van der Waals surface area contributed by atoms with Crippen molar-refractivity contribution < 1.29 is 0 Å². The van der Waals surface area contributed by atoms with Crippen LogP contribution in [0.4, 0.5) is 11.6 Å². The molecule has 0 atom stereocenters. The van der Waals surface area contributed by atoms with Crippen LogP contribution in [0.2, 0.25) is 0 Å². The van der Waals surface area contributed by atoms with Crippen LogP contribution < -0.4 is 9.80 Å². The normalized spacial score (nSPS) is 14.5. The van der Waals surface area contributed by atoms with Crippen molar-refractivity contribution in [1.29, 1.82) is 5.26 Å². The van der Waals surface area contributed by atoms with Crippen LogP contribution in [-0.4, -0.2) is 56.0 Å². The van der Waals surface area contributed by atoms with Gasteiger partial charge in [0.25, 0.3) is 0 Å². The van der Waals surface area contributed by atoms with Crippen molar-refractivity contribution in [3.63, 3.8) is 0 Å². The van der Waals surface area contributed by atoms with Crippen LogP contribution in [0.15, 0.2) is 55.0 Å². The second-order valence-electron chi connectivity index (χ2n) is 7.04. The van der Waals surface area contributed by atoms with Gasteiger partial charge in [-0.1, -0.05) is 0 Å². The molecule has 0 spiro atoms. The maximum absolute atomic E-state index is 9.39. The third-order valence-electron chi connectivity index (χ3n) is 5.20. The second kappa shape index (κ2) is 7.75. The monoisotopic (exact) mass is 397 g/mol. The molecule has 9 nitrogen and oxygen atoms in total. The van der Waals surface area contributed by atoms with Gasteiger partial charge in [0, 0.05) is 50.3 Å².